The predicted molar refractivity (Wildman–Crippen MR) is 127 cm³/mol. The lowest BCUT2D eigenvalue weighted by Gasteiger charge is -2.42. The zero-order valence-electron chi connectivity index (χ0n) is 19.0. The van der Waals surface area contributed by atoms with Crippen LogP contribution in [0.15, 0.2) is 72.8 Å². The Morgan fingerprint density at radius 3 is 2.38 bits per heavy atom. The van der Waals surface area contributed by atoms with E-state index in [9.17, 15) is 14.7 Å². The van der Waals surface area contributed by atoms with Gasteiger partial charge in [-0.15, -0.1) is 0 Å². The van der Waals surface area contributed by atoms with E-state index in [1.807, 2.05) is 48.5 Å². The Balaban J connectivity index is 1.45. The molecule has 2 aliphatic rings. The van der Waals surface area contributed by atoms with Crippen molar-refractivity contribution in [2.45, 2.75) is 43.2 Å². The molecular weight excluding hydrogens is 430 g/mol. The Morgan fingerprint density at radius 1 is 1.03 bits per heavy atom. The van der Waals surface area contributed by atoms with E-state index in [1.54, 1.807) is 31.4 Å². The maximum absolute atomic E-state index is 13.7. The second kappa shape index (κ2) is 8.86. The summed E-state index contributed by atoms with van der Waals surface area (Å²) in [5, 5.41) is 12.6. The number of rotatable bonds is 6. The number of ether oxygens (including phenoxy) is 2. The van der Waals surface area contributed by atoms with Gasteiger partial charge in [0, 0.05) is 18.1 Å². The van der Waals surface area contributed by atoms with E-state index in [2.05, 4.69) is 5.32 Å². The van der Waals surface area contributed by atoms with Crippen molar-refractivity contribution >= 4 is 11.9 Å². The summed E-state index contributed by atoms with van der Waals surface area (Å²) in [5.41, 5.74) is 2.56. The Morgan fingerprint density at radius 2 is 1.76 bits per heavy atom. The van der Waals surface area contributed by atoms with Crippen LogP contribution in [0, 0.1) is 0 Å². The molecule has 1 saturated carbocycles. The van der Waals surface area contributed by atoms with Crippen LogP contribution in [0.1, 0.15) is 64.9 Å². The normalized spacial score (nSPS) is 20.3. The van der Waals surface area contributed by atoms with Crippen molar-refractivity contribution in [3.8, 4) is 11.5 Å². The largest absolute Gasteiger partial charge is 0.497 e. The van der Waals surface area contributed by atoms with E-state index in [0.29, 0.717) is 17.9 Å². The van der Waals surface area contributed by atoms with E-state index in [4.69, 9.17) is 9.47 Å². The SMILES string of the molecule is COc1ccc2c(c1)O[C@@H](c1ccc(C(=O)O)cc1)C[C@H]2NC(=O)C1(c2ccccc2)CCC1. The zero-order chi connectivity index (χ0) is 23.7. The molecule has 2 atom stereocenters. The van der Waals surface area contributed by atoms with Gasteiger partial charge in [0.2, 0.25) is 5.91 Å². The maximum Gasteiger partial charge on any atom is 0.335 e. The highest BCUT2D eigenvalue weighted by Crippen LogP contribution is 2.46. The number of nitrogens with one attached hydrogen (secondary N) is 1. The third kappa shape index (κ3) is 3.89. The van der Waals surface area contributed by atoms with Gasteiger partial charge in [-0.05, 0) is 48.2 Å². The lowest BCUT2D eigenvalue weighted by molar-refractivity contribution is -0.131. The van der Waals surface area contributed by atoms with Gasteiger partial charge in [-0.2, -0.15) is 0 Å². The molecular formula is C28H27NO5. The summed E-state index contributed by atoms with van der Waals surface area (Å²) in [6.45, 7) is 0. The van der Waals surface area contributed by atoms with Crippen molar-refractivity contribution in [3.05, 3.63) is 95.1 Å². The highest BCUT2D eigenvalue weighted by atomic mass is 16.5. The number of carboxylic acid groups (broad SMARTS) is 1. The number of methoxy groups -OCH3 is 1. The quantitative estimate of drug-likeness (QED) is 0.532. The minimum atomic E-state index is -0.969. The van der Waals surface area contributed by atoms with Gasteiger partial charge in [0.25, 0.3) is 0 Å². The van der Waals surface area contributed by atoms with E-state index >= 15 is 0 Å². The van der Waals surface area contributed by atoms with Crippen LogP contribution in [-0.2, 0) is 10.2 Å². The van der Waals surface area contributed by atoms with Crippen molar-refractivity contribution < 1.29 is 24.2 Å². The fraction of sp³-hybridized carbons (Fsp3) is 0.286. The molecule has 1 aliphatic carbocycles. The van der Waals surface area contributed by atoms with Crippen molar-refractivity contribution in [3.63, 3.8) is 0 Å². The Bertz CT molecular complexity index is 1200. The van der Waals surface area contributed by atoms with Gasteiger partial charge in [0.05, 0.1) is 24.1 Å². The summed E-state index contributed by atoms with van der Waals surface area (Å²) >= 11 is 0. The molecule has 0 radical (unpaired) electrons. The van der Waals surface area contributed by atoms with Gasteiger partial charge in [-0.25, -0.2) is 4.79 Å². The smallest absolute Gasteiger partial charge is 0.335 e. The number of carbonyl (C=O) groups is 2. The molecule has 0 saturated heterocycles. The van der Waals surface area contributed by atoms with Gasteiger partial charge in [-0.1, -0.05) is 48.9 Å². The summed E-state index contributed by atoms with van der Waals surface area (Å²) in [5.74, 6) is 0.401. The molecule has 3 aromatic rings. The van der Waals surface area contributed by atoms with Crippen molar-refractivity contribution in [1.82, 2.24) is 5.32 Å². The number of hydrogen-bond donors (Lipinski definition) is 2. The second-order valence-corrected chi connectivity index (χ2v) is 9.00. The molecule has 1 aliphatic heterocycles. The molecule has 0 aromatic heterocycles. The van der Waals surface area contributed by atoms with Gasteiger partial charge >= 0.3 is 5.97 Å². The van der Waals surface area contributed by atoms with Crippen molar-refractivity contribution in [2.24, 2.45) is 0 Å². The molecule has 1 fully saturated rings. The first kappa shape index (κ1) is 22.0. The molecule has 34 heavy (non-hydrogen) atoms. The fourth-order valence-corrected chi connectivity index (χ4v) is 4.99. The van der Waals surface area contributed by atoms with Crippen LogP contribution in [0.3, 0.4) is 0 Å². The van der Waals surface area contributed by atoms with Crippen molar-refractivity contribution in [1.29, 1.82) is 0 Å². The third-order valence-corrected chi connectivity index (χ3v) is 7.12. The van der Waals surface area contributed by atoms with Crippen LogP contribution in [0.4, 0.5) is 0 Å². The molecule has 2 N–H and O–H groups in total. The molecule has 174 valence electrons. The molecule has 1 heterocycles. The number of hydrogen-bond acceptors (Lipinski definition) is 4. The molecule has 5 rings (SSSR count). The summed E-state index contributed by atoms with van der Waals surface area (Å²) in [6, 6.07) is 22.1. The van der Waals surface area contributed by atoms with E-state index in [-0.39, 0.29) is 23.6 Å². The number of fused-ring (bicyclic) bond motifs is 1. The molecule has 0 unspecified atom stereocenters. The van der Waals surface area contributed by atoms with E-state index in [0.717, 1.165) is 36.0 Å². The highest BCUT2D eigenvalue weighted by molar-refractivity contribution is 5.90. The molecule has 1 amide bonds. The first-order chi connectivity index (χ1) is 16.5. The van der Waals surface area contributed by atoms with E-state index in [1.165, 1.54) is 0 Å². The van der Waals surface area contributed by atoms with Crippen LogP contribution in [0.2, 0.25) is 0 Å². The zero-order valence-corrected chi connectivity index (χ0v) is 19.0. The monoisotopic (exact) mass is 457 g/mol. The number of carboxylic acids is 1. The minimum absolute atomic E-state index is 0.0404. The van der Waals surface area contributed by atoms with Crippen LogP contribution in [0.25, 0.3) is 0 Å². The number of benzene rings is 3. The van der Waals surface area contributed by atoms with Crippen LogP contribution >= 0.6 is 0 Å². The number of aromatic carboxylic acids is 1. The van der Waals surface area contributed by atoms with Crippen LogP contribution in [0.5, 0.6) is 11.5 Å². The van der Waals surface area contributed by atoms with Gasteiger partial charge in [-0.3, -0.25) is 4.79 Å². The Kier molecular flexibility index (Phi) is 5.74. The highest BCUT2D eigenvalue weighted by Gasteiger charge is 2.46. The van der Waals surface area contributed by atoms with Crippen LogP contribution in [-0.4, -0.2) is 24.1 Å². The average Bonchev–Trinajstić information content (AvgIpc) is 2.83. The lowest BCUT2D eigenvalue weighted by atomic mass is 9.63. The molecule has 6 heteroatoms. The summed E-state index contributed by atoms with van der Waals surface area (Å²) < 4.78 is 11.7. The standard InChI is InChI=1S/C28H27NO5/c1-33-21-12-13-22-23(29-27(32)28(14-5-15-28)20-6-3-2-4-7-20)17-24(34-25(22)16-21)18-8-10-19(11-9-18)26(30)31/h2-4,6-13,16,23-24H,5,14-15,17H2,1H3,(H,29,32)(H,30,31)/t23-,24-/m1/s1. The first-order valence-electron chi connectivity index (χ1n) is 11.5. The molecule has 3 aromatic carbocycles. The summed E-state index contributed by atoms with van der Waals surface area (Å²) in [4.78, 5) is 24.9. The predicted octanol–water partition coefficient (Wildman–Crippen LogP) is 5.20. The summed E-state index contributed by atoms with van der Waals surface area (Å²) in [6.07, 6.45) is 2.91. The maximum atomic E-state index is 13.7. The Hall–Kier alpha value is -3.80. The minimum Gasteiger partial charge on any atom is -0.497 e. The first-order valence-corrected chi connectivity index (χ1v) is 11.5. The number of carbonyl (C=O) groups excluding carboxylic acids is 1. The average molecular weight is 458 g/mol. The second-order valence-electron chi connectivity index (χ2n) is 9.00. The third-order valence-electron chi connectivity index (χ3n) is 7.12. The lowest BCUT2D eigenvalue weighted by Crippen LogP contribution is -2.50. The van der Waals surface area contributed by atoms with Crippen LogP contribution < -0.4 is 14.8 Å². The van der Waals surface area contributed by atoms with Gasteiger partial charge < -0.3 is 19.9 Å². The van der Waals surface area contributed by atoms with Gasteiger partial charge in [0.1, 0.15) is 17.6 Å². The summed E-state index contributed by atoms with van der Waals surface area (Å²) in [7, 11) is 1.60. The molecule has 0 spiro atoms. The topological polar surface area (TPSA) is 84.9 Å². The van der Waals surface area contributed by atoms with Crippen molar-refractivity contribution in [2.75, 3.05) is 7.11 Å². The fourth-order valence-electron chi connectivity index (χ4n) is 4.99. The Labute approximate surface area is 198 Å². The van der Waals surface area contributed by atoms with E-state index < -0.39 is 11.4 Å². The molecule has 0 bridgehead atoms. The van der Waals surface area contributed by atoms with Gasteiger partial charge in [0.15, 0.2) is 0 Å². The number of amides is 1. The molecule has 6 nitrogen and oxygen atoms in total.